The van der Waals surface area contributed by atoms with Crippen LogP contribution in [-0.4, -0.2) is 17.3 Å². The first-order valence-corrected chi connectivity index (χ1v) is 4.72. The van der Waals surface area contributed by atoms with Crippen molar-refractivity contribution in [3.05, 3.63) is 29.1 Å². The lowest BCUT2D eigenvalue weighted by atomic mass is 10.2. The maximum absolute atomic E-state index is 5.84. The zero-order valence-electron chi connectivity index (χ0n) is 8.32. The Balaban J connectivity index is 2.52. The molecule has 1 aromatic carbocycles. The summed E-state index contributed by atoms with van der Waals surface area (Å²) in [4.78, 5) is 4.12. The topological polar surface area (TPSA) is 48.2 Å². The van der Waals surface area contributed by atoms with E-state index in [4.69, 9.17) is 20.9 Å². The summed E-state index contributed by atoms with van der Waals surface area (Å²) in [5.41, 5.74) is 0.763. The van der Waals surface area contributed by atoms with Crippen molar-refractivity contribution in [2.45, 2.75) is 6.92 Å². The van der Waals surface area contributed by atoms with E-state index in [0.717, 1.165) is 5.56 Å². The summed E-state index contributed by atoms with van der Waals surface area (Å²) in [5.74, 6) is 1.64. The quantitative estimate of drug-likeness (QED) is 0.787. The zero-order valence-corrected chi connectivity index (χ0v) is 9.08. The van der Waals surface area contributed by atoms with Crippen LogP contribution < -0.4 is 4.74 Å². The van der Waals surface area contributed by atoms with Crippen LogP contribution in [0.3, 0.4) is 0 Å². The molecule has 0 atom stereocenters. The molecule has 0 unspecified atom stereocenters. The third-order valence-corrected chi connectivity index (χ3v) is 2.17. The second-order valence-electron chi connectivity index (χ2n) is 2.98. The Morgan fingerprint density at radius 2 is 2.20 bits per heavy atom. The maximum Gasteiger partial charge on any atom is 0.223 e. The lowest BCUT2D eigenvalue weighted by molar-refractivity contribution is 0.393. The van der Waals surface area contributed by atoms with E-state index in [9.17, 15) is 0 Å². The molecule has 2 rings (SSSR count). The molecule has 0 radical (unpaired) electrons. The van der Waals surface area contributed by atoms with Crippen LogP contribution in [0.15, 0.2) is 22.7 Å². The van der Waals surface area contributed by atoms with Gasteiger partial charge >= 0.3 is 0 Å². The highest BCUT2D eigenvalue weighted by molar-refractivity contribution is 6.30. The van der Waals surface area contributed by atoms with Gasteiger partial charge in [0.1, 0.15) is 5.75 Å². The minimum Gasteiger partial charge on any atom is -0.496 e. The molecule has 0 saturated heterocycles. The second kappa shape index (κ2) is 3.90. The molecule has 0 fully saturated rings. The van der Waals surface area contributed by atoms with Gasteiger partial charge in [0, 0.05) is 11.9 Å². The Labute approximate surface area is 91.8 Å². The second-order valence-corrected chi connectivity index (χ2v) is 3.42. The molecule has 2 aromatic rings. The summed E-state index contributed by atoms with van der Waals surface area (Å²) in [7, 11) is 1.57. The van der Waals surface area contributed by atoms with Crippen LogP contribution in [0.4, 0.5) is 0 Å². The number of aryl methyl sites for hydroxylation is 1. The van der Waals surface area contributed by atoms with Crippen molar-refractivity contribution in [2.75, 3.05) is 7.11 Å². The van der Waals surface area contributed by atoms with E-state index in [1.807, 2.05) is 0 Å². The molecule has 0 aliphatic rings. The molecule has 0 spiro atoms. The van der Waals surface area contributed by atoms with Crippen molar-refractivity contribution in [3.8, 4) is 17.1 Å². The van der Waals surface area contributed by atoms with Gasteiger partial charge in [-0.2, -0.15) is 4.98 Å². The van der Waals surface area contributed by atoms with Crippen LogP contribution in [0.2, 0.25) is 5.02 Å². The first kappa shape index (κ1) is 9.98. The Kier molecular flexibility index (Phi) is 2.60. The van der Waals surface area contributed by atoms with Crippen molar-refractivity contribution >= 4 is 11.6 Å². The molecule has 5 heteroatoms. The molecule has 1 aromatic heterocycles. The van der Waals surface area contributed by atoms with E-state index in [1.54, 1.807) is 32.2 Å². The lowest BCUT2D eigenvalue weighted by Gasteiger charge is -2.04. The summed E-state index contributed by atoms with van der Waals surface area (Å²) in [6.45, 7) is 1.74. The molecule has 78 valence electrons. The zero-order chi connectivity index (χ0) is 10.8. The van der Waals surface area contributed by atoms with Gasteiger partial charge in [-0.05, 0) is 18.2 Å². The van der Waals surface area contributed by atoms with Gasteiger partial charge in [0.15, 0.2) is 0 Å². The number of benzene rings is 1. The molecule has 0 saturated carbocycles. The van der Waals surface area contributed by atoms with E-state index in [2.05, 4.69) is 10.1 Å². The molecule has 15 heavy (non-hydrogen) atoms. The molecule has 0 bridgehead atoms. The van der Waals surface area contributed by atoms with Gasteiger partial charge in [-0.3, -0.25) is 0 Å². The standard InChI is InChI=1S/C10H9ClN2O2/c1-6-12-10(13-15-6)8-4-3-7(11)5-9(8)14-2/h3-5H,1-2H3. The normalized spacial score (nSPS) is 10.3. The molecule has 0 amide bonds. The average molecular weight is 225 g/mol. The Morgan fingerprint density at radius 3 is 2.80 bits per heavy atom. The van der Waals surface area contributed by atoms with Gasteiger partial charge < -0.3 is 9.26 Å². The number of rotatable bonds is 2. The van der Waals surface area contributed by atoms with Gasteiger partial charge in [0.25, 0.3) is 0 Å². The predicted molar refractivity (Wildman–Crippen MR) is 56.0 cm³/mol. The largest absolute Gasteiger partial charge is 0.496 e. The summed E-state index contributed by atoms with van der Waals surface area (Å²) < 4.78 is 10.1. The minimum atomic E-state index is 0.501. The van der Waals surface area contributed by atoms with Gasteiger partial charge in [0.05, 0.1) is 12.7 Å². The number of methoxy groups -OCH3 is 1. The molecule has 0 N–H and O–H groups in total. The van der Waals surface area contributed by atoms with E-state index in [-0.39, 0.29) is 0 Å². The first-order valence-electron chi connectivity index (χ1n) is 4.35. The van der Waals surface area contributed by atoms with E-state index in [1.165, 1.54) is 0 Å². The van der Waals surface area contributed by atoms with E-state index in [0.29, 0.717) is 22.5 Å². The molecule has 4 nitrogen and oxygen atoms in total. The number of nitrogens with zero attached hydrogens (tertiary/aromatic N) is 2. The van der Waals surface area contributed by atoms with Gasteiger partial charge in [-0.15, -0.1) is 0 Å². The molecular formula is C10H9ClN2O2. The van der Waals surface area contributed by atoms with Crippen molar-refractivity contribution in [1.29, 1.82) is 0 Å². The fourth-order valence-electron chi connectivity index (χ4n) is 1.26. The fourth-order valence-corrected chi connectivity index (χ4v) is 1.42. The Bertz CT molecular complexity index is 482. The van der Waals surface area contributed by atoms with Crippen molar-refractivity contribution < 1.29 is 9.26 Å². The highest BCUT2D eigenvalue weighted by atomic mass is 35.5. The average Bonchev–Trinajstić information content (AvgIpc) is 2.64. The molecule has 1 heterocycles. The van der Waals surface area contributed by atoms with Crippen LogP contribution in [0, 0.1) is 6.92 Å². The van der Waals surface area contributed by atoms with E-state index < -0.39 is 0 Å². The predicted octanol–water partition coefficient (Wildman–Crippen LogP) is 2.71. The third kappa shape index (κ3) is 1.94. The monoisotopic (exact) mass is 224 g/mol. The number of aromatic nitrogens is 2. The number of ether oxygens (including phenoxy) is 1. The molecule has 0 aliphatic carbocycles. The molecule has 0 aliphatic heterocycles. The third-order valence-electron chi connectivity index (χ3n) is 1.93. The van der Waals surface area contributed by atoms with Crippen LogP contribution in [0.25, 0.3) is 11.4 Å². The number of hydrogen-bond acceptors (Lipinski definition) is 4. The van der Waals surface area contributed by atoms with Crippen LogP contribution in [-0.2, 0) is 0 Å². The Morgan fingerprint density at radius 1 is 1.40 bits per heavy atom. The van der Waals surface area contributed by atoms with Crippen LogP contribution >= 0.6 is 11.6 Å². The fraction of sp³-hybridized carbons (Fsp3) is 0.200. The van der Waals surface area contributed by atoms with Crippen LogP contribution in [0.1, 0.15) is 5.89 Å². The van der Waals surface area contributed by atoms with Crippen molar-refractivity contribution in [1.82, 2.24) is 10.1 Å². The van der Waals surface area contributed by atoms with Crippen LogP contribution in [0.5, 0.6) is 5.75 Å². The Hall–Kier alpha value is -1.55. The first-order chi connectivity index (χ1) is 7.20. The number of halogens is 1. The summed E-state index contributed by atoms with van der Waals surface area (Å²) >= 11 is 5.84. The van der Waals surface area contributed by atoms with Crippen molar-refractivity contribution in [2.24, 2.45) is 0 Å². The van der Waals surface area contributed by atoms with Gasteiger partial charge in [-0.1, -0.05) is 16.8 Å². The van der Waals surface area contributed by atoms with Crippen molar-refractivity contribution in [3.63, 3.8) is 0 Å². The smallest absolute Gasteiger partial charge is 0.223 e. The summed E-state index contributed by atoms with van der Waals surface area (Å²) in [6, 6.07) is 5.26. The maximum atomic E-state index is 5.84. The highest BCUT2D eigenvalue weighted by Crippen LogP contribution is 2.30. The summed E-state index contributed by atoms with van der Waals surface area (Å²) in [6.07, 6.45) is 0. The SMILES string of the molecule is COc1cc(Cl)ccc1-c1noc(C)n1. The summed E-state index contributed by atoms with van der Waals surface area (Å²) in [5, 5.41) is 4.42. The lowest BCUT2D eigenvalue weighted by Crippen LogP contribution is -1.89. The molecular weight excluding hydrogens is 216 g/mol. The number of hydrogen-bond donors (Lipinski definition) is 0. The van der Waals surface area contributed by atoms with Gasteiger partial charge in [0.2, 0.25) is 11.7 Å². The van der Waals surface area contributed by atoms with Gasteiger partial charge in [-0.25, -0.2) is 0 Å². The van der Waals surface area contributed by atoms with E-state index >= 15 is 0 Å². The highest BCUT2D eigenvalue weighted by Gasteiger charge is 2.11. The minimum absolute atomic E-state index is 0.501.